The first-order chi connectivity index (χ1) is 9.87. The van der Waals surface area contributed by atoms with Gasteiger partial charge in [0.1, 0.15) is 0 Å². The lowest BCUT2D eigenvalue weighted by molar-refractivity contribution is -0.128. The summed E-state index contributed by atoms with van der Waals surface area (Å²) in [5.41, 5.74) is 0.962. The molecule has 2 amide bonds. The summed E-state index contributed by atoms with van der Waals surface area (Å²) in [5, 5.41) is 5.85. The second-order valence-electron chi connectivity index (χ2n) is 6.71. The van der Waals surface area contributed by atoms with Crippen molar-refractivity contribution in [2.75, 3.05) is 6.54 Å². The van der Waals surface area contributed by atoms with Crippen molar-refractivity contribution >= 4 is 11.8 Å². The van der Waals surface area contributed by atoms with E-state index in [9.17, 15) is 9.59 Å². The van der Waals surface area contributed by atoms with Gasteiger partial charge in [0.15, 0.2) is 0 Å². The second kappa shape index (κ2) is 6.29. The zero-order valence-corrected chi connectivity index (χ0v) is 13.0. The average Bonchev–Trinajstić information content (AvgIpc) is 3.18. The van der Waals surface area contributed by atoms with E-state index < -0.39 is 0 Å². The molecule has 0 heterocycles. The largest absolute Gasteiger partial charge is 0.356 e. The van der Waals surface area contributed by atoms with Crippen LogP contribution in [0.15, 0.2) is 30.3 Å². The molecule has 4 nitrogen and oxygen atoms in total. The molecule has 21 heavy (non-hydrogen) atoms. The number of hydrogen-bond acceptors (Lipinski definition) is 2. The van der Waals surface area contributed by atoms with E-state index in [-0.39, 0.29) is 29.2 Å². The van der Waals surface area contributed by atoms with E-state index in [1.54, 1.807) is 0 Å². The molecular formula is C17H24N2O2. The first-order valence-electron chi connectivity index (χ1n) is 7.50. The van der Waals surface area contributed by atoms with Crippen molar-refractivity contribution in [2.24, 2.45) is 11.8 Å². The molecule has 2 rings (SSSR count). The topological polar surface area (TPSA) is 58.2 Å². The van der Waals surface area contributed by atoms with Crippen LogP contribution in [0.4, 0.5) is 0 Å². The van der Waals surface area contributed by atoms with Gasteiger partial charge in [0.25, 0.3) is 0 Å². The van der Waals surface area contributed by atoms with E-state index in [2.05, 4.69) is 10.6 Å². The highest BCUT2D eigenvalue weighted by Gasteiger charge is 2.48. The van der Waals surface area contributed by atoms with Crippen LogP contribution in [0.3, 0.4) is 0 Å². The van der Waals surface area contributed by atoms with Gasteiger partial charge in [0.2, 0.25) is 11.8 Å². The van der Waals surface area contributed by atoms with Crippen LogP contribution in [0.5, 0.6) is 0 Å². The number of hydrogen-bond donors (Lipinski definition) is 2. The van der Waals surface area contributed by atoms with E-state index in [1.807, 2.05) is 51.1 Å². The Labute approximate surface area is 126 Å². The molecule has 114 valence electrons. The van der Waals surface area contributed by atoms with Crippen molar-refractivity contribution in [2.45, 2.75) is 39.2 Å². The molecule has 1 aliphatic carbocycles. The van der Waals surface area contributed by atoms with Gasteiger partial charge in [-0.2, -0.15) is 0 Å². The Kier molecular flexibility index (Phi) is 4.66. The zero-order valence-electron chi connectivity index (χ0n) is 13.0. The molecule has 2 atom stereocenters. The quantitative estimate of drug-likeness (QED) is 0.869. The molecule has 2 unspecified atom stereocenters. The molecule has 1 fully saturated rings. The number of carbonyl (C=O) groups is 2. The van der Waals surface area contributed by atoms with E-state index in [4.69, 9.17) is 0 Å². The van der Waals surface area contributed by atoms with Crippen LogP contribution >= 0.6 is 0 Å². The standard InChI is InChI=1S/C17H24N2O2/c1-17(2,3)19-16(21)14-11-13(14)15(20)18-10-9-12-7-5-4-6-8-12/h4-8,13-14H,9-11H2,1-3H3,(H,18,20)(H,19,21). The summed E-state index contributed by atoms with van der Waals surface area (Å²) in [6, 6.07) is 10.0. The maximum absolute atomic E-state index is 12.0. The maximum atomic E-state index is 12.0. The summed E-state index contributed by atoms with van der Waals surface area (Å²) >= 11 is 0. The van der Waals surface area contributed by atoms with Gasteiger partial charge in [-0.1, -0.05) is 30.3 Å². The Balaban J connectivity index is 1.70. The molecule has 0 aliphatic heterocycles. The van der Waals surface area contributed by atoms with Gasteiger partial charge in [0, 0.05) is 12.1 Å². The van der Waals surface area contributed by atoms with Crippen LogP contribution in [0.1, 0.15) is 32.8 Å². The smallest absolute Gasteiger partial charge is 0.224 e. The van der Waals surface area contributed by atoms with Crippen LogP contribution in [0.2, 0.25) is 0 Å². The highest BCUT2D eigenvalue weighted by Crippen LogP contribution is 2.39. The number of nitrogens with one attached hydrogen (secondary N) is 2. The molecule has 0 radical (unpaired) electrons. The molecule has 1 aliphatic rings. The Morgan fingerprint density at radius 3 is 2.33 bits per heavy atom. The molecule has 1 aromatic rings. The highest BCUT2D eigenvalue weighted by atomic mass is 16.2. The van der Waals surface area contributed by atoms with Crippen LogP contribution < -0.4 is 10.6 Å². The van der Waals surface area contributed by atoms with Crippen molar-refractivity contribution in [1.29, 1.82) is 0 Å². The second-order valence-corrected chi connectivity index (χ2v) is 6.71. The third-order valence-electron chi connectivity index (χ3n) is 3.52. The van der Waals surface area contributed by atoms with Crippen LogP contribution in [0, 0.1) is 11.8 Å². The number of benzene rings is 1. The van der Waals surface area contributed by atoms with Gasteiger partial charge in [-0.25, -0.2) is 0 Å². The minimum Gasteiger partial charge on any atom is -0.356 e. The Morgan fingerprint density at radius 2 is 1.71 bits per heavy atom. The number of rotatable bonds is 5. The van der Waals surface area contributed by atoms with Gasteiger partial charge in [0.05, 0.1) is 11.8 Å². The molecule has 0 saturated heterocycles. The lowest BCUT2D eigenvalue weighted by Gasteiger charge is -2.20. The molecule has 0 spiro atoms. The molecule has 1 saturated carbocycles. The van der Waals surface area contributed by atoms with Crippen molar-refractivity contribution < 1.29 is 9.59 Å². The van der Waals surface area contributed by atoms with E-state index >= 15 is 0 Å². The molecule has 4 heteroatoms. The summed E-state index contributed by atoms with van der Waals surface area (Å²) in [7, 11) is 0. The molecule has 1 aromatic carbocycles. The van der Waals surface area contributed by atoms with Crippen molar-refractivity contribution in [3.63, 3.8) is 0 Å². The predicted molar refractivity (Wildman–Crippen MR) is 82.6 cm³/mol. The predicted octanol–water partition coefficient (Wildman–Crippen LogP) is 1.90. The van der Waals surface area contributed by atoms with Gasteiger partial charge in [-0.05, 0) is 39.2 Å². The summed E-state index contributed by atoms with van der Waals surface area (Å²) in [5.74, 6) is -0.310. The third kappa shape index (κ3) is 4.88. The minimum absolute atomic E-state index is 0.00000898. The van der Waals surface area contributed by atoms with Gasteiger partial charge < -0.3 is 10.6 Å². The van der Waals surface area contributed by atoms with Crippen molar-refractivity contribution in [1.82, 2.24) is 10.6 Å². The summed E-state index contributed by atoms with van der Waals surface area (Å²) < 4.78 is 0. The lowest BCUT2D eigenvalue weighted by atomic mass is 10.1. The first kappa shape index (κ1) is 15.5. The SMILES string of the molecule is CC(C)(C)NC(=O)C1CC1C(=O)NCCc1ccccc1. The van der Waals surface area contributed by atoms with Crippen molar-refractivity contribution in [3.05, 3.63) is 35.9 Å². The van der Waals surface area contributed by atoms with E-state index in [0.717, 1.165) is 6.42 Å². The monoisotopic (exact) mass is 288 g/mol. The molecule has 2 N–H and O–H groups in total. The fourth-order valence-electron chi connectivity index (χ4n) is 2.34. The molecule has 0 aromatic heterocycles. The first-order valence-corrected chi connectivity index (χ1v) is 7.50. The molecule has 0 bridgehead atoms. The van der Waals surface area contributed by atoms with Crippen LogP contribution in [-0.4, -0.2) is 23.9 Å². The van der Waals surface area contributed by atoms with Gasteiger partial charge >= 0.3 is 0 Å². The Bertz CT molecular complexity index is 505. The highest BCUT2D eigenvalue weighted by molar-refractivity contribution is 5.92. The van der Waals surface area contributed by atoms with Crippen LogP contribution in [-0.2, 0) is 16.0 Å². The number of amides is 2. The van der Waals surface area contributed by atoms with Crippen molar-refractivity contribution in [3.8, 4) is 0 Å². The number of carbonyl (C=O) groups excluding carboxylic acids is 2. The maximum Gasteiger partial charge on any atom is 0.224 e. The van der Waals surface area contributed by atoms with Gasteiger partial charge in [-0.3, -0.25) is 9.59 Å². The Hall–Kier alpha value is -1.84. The summed E-state index contributed by atoms with van der Waals surface area (Å²) in [4.78, 5) is 23.9. The normalized spacial score (nSPS) is 20.7. The van der Waals surface area contributed by atoms with E-state index in [1.165, 1.54) is 5.56 Å². The summed E-state index contributed by atoms with van der Waals surface area (Å²) in [6.45, 7) is 6.46. The minimum atomic E-state index is -0.242. The molecular weight excluding hydrogens is 264 g/mol. The van der Waals surface area contributed by atoms with Crippen LogP contribution in [0.25, 0.3) is 0 Å². The van der Waals surface area contributed by atoms with E-state index in [0.29, 0.717) is 13.0 Å². The zero-order chi connectivity index (χ0) is 15.5. The fourth-order valence-corrected chi connectivity index (χ4v) is 2.34. The average molecular weight is 288 g/mol. The third-order valence-corrected chi connectivity index (χ3v) is 3.52. The van der Waals surface area contributed by atoms with Gasteiger partial charge in [-0.15, -0.1) is 0 Å². The lowest BCUT2D eigenvalue weighted by Crippen LogP contribution is -2.42. The summed E-state index contributed by atoms with van der Waals surface area (Å²) in [6.07, 6.45) is 1.48. The Morgan fingerprint density at radius 1 is 1.10 bits per heavy atom. The fraction of sp³-hybridized carbons (Fsp3) is 0.529.